The molecule has 7 rings (SSSR count). The van der Waals surface area contributed by atoms with Gasteiger partial charge in [0.05, 0.1) is 22.4 Å². The minimum Gasteiger partial charge on any atom is -0.457 e. The molecule has 0 spiro atoms. The molecule has 48 heavy (non-hydrogen) atoms. The SMILES string of the molecule is CCC(C)c1ccc2c(c1)c1ccc(Oc3cc(C)cc(-n4nc(C)c(-c5ccccc5)c4C)c3)cc1n2-c1cc(C(C)(C)C)ccn1. The van der Waals surface area contributed by atoms with Gasteiger partial charge in [-0.05, 0) is 109 Å². The van der Waals surface area contributed by atoms with Gasteiger partial charge in [0.25, 0.3) is 0 Å². The fourth-order valence-electron chi connectivity index (χ4n) is 6.84. The van der Waals surface area contributed by atoms with Gasteiger partial charge in [0.2, 0.25) is 0 Å². The fraction of sp³-hybridized carbons (Fsp3) is 0.256. The Hall–Kier alpha value is -5.16. The van der Waals surface area contributed by atoms with E-state index in [9.17, 15) is 0 Å². The Bertz CT molecular complexity index is 2280. The lowest BCUT2D eigenvalue weighted by Gasteiger charge is -2.20. The Kier molecular flexibility index (Phi) is 7.95. The molecule has 0 aliphatic heterocycles. The Labute approximate surface area is 283 Å². The summed E-state index contributed by atoms with van der Waals surface area (Å²) in [6, 6.07) is 34.5. The summed E-state index contributed by atoms with van der Waals surface area (Å²) >= 11 is 0. The van der Waals surface area contributed by atoms with Crippen LogP contribution in [-0.4, -0.2) is 19.3 Å². The molecule has 0 fully saturated rings. The van der Waals surface area contributed by atoms with E-state index in [0.717, 1.165) is 57.4 Å². The van der Waals surface area contributed by atoms with Crippen molar-refractivity contribution >= 4 is 21.8 Å². The molecule has 0 saturated carbocycles. The van der Waals surface area contributed by atoms with Gasteiger partial charge in [-0.25, -0.2) is 9.67 Å². The van der Waals surface area contributed by atoms with Crippen LogP contribution in [0.15, 0.2) is 103 Å². The van der Waals surface area contributed by atoms with Gasteiger partial charge in [0.15, 0.2) is 0 Å². The standard InChI is InChI=1S/C43H44N4O/c1-9-28(3)32-15-18-39-38(23-32)37-17-16-35(26-40(37)46(39)41-24-33(19-20-44-41)43(6,7)8)48-36-22-27(2)21-34(25-36)47-30(5)42(29(4)45-47)31-13-11-10-12-14-31/h10-26,28H,9H2,1-8H3. The number of benzene rings is 4. The van der Waals surface area contributed by atoms with E-state index in [1.165, 1.54) is 33.0 Å². The first-order valence-corrected chi connectivity index (χ1v) is 17.0. The topological polar surface area (TPSA) is 44.9 Å². The van der Waals surface area contributed by atoms with Crippen LogP contribution in [0, 0.1) is 20.8 Å². The lowest BCUT2D eigenvalue weighted by Crippen LogP contribution is -2.12. The number of aryl methyl sites for hydroxylation is 2. The molecule has 1 unspecified atom stereocenters. The minimum atomic E-state index is 0.00462. The van der Waals surface area contributed by atoms with E-state index in [0.29, 0.717) is 5.92 Å². The van der Waals surface area contributed by atoms with Crippen molar-refractivity contribution in [1.29, 1.82) is 0 Å². The van der Waals surface area contributed by atoms with Crippen molar-refractivity contribution in [3.63, 3.8) is 0 Å². The molecular weight excluding hydrogens is 589 g/mol. The van der Waals surface area contributed by atoms with Crippen LogP contribution < -0.4 is 4.74 Å². The number of hydrogen-bond donors (Lipinski definition) is 0. The highest BCUT2D eigenvalue weighted by Crippen LogP contribution is 2.38. The van der Waals surface area contributed by atoms with E-state index >= 15 is 0 Å². The molecule has 0 aliphatic rings. The van der Waals surface area contributed by atoms with E-state index in [2.05, 4.69) is 151 Å². The highest BCUT2D eigenvalue weighted by Gasteiger charge is 2.20. The minimum absolute atomic E-state index is 0.00462. The molecule has 0 N–H and O–H groups in total. The second-order valence-electron chi connectivity index (χ2n) is 14.2. The Balaban J connectivity index is 1.34. The second-order valence-corrected chi connectivity index (χ2v) is 14.2. The summed E-state index contributed by atoms with van der Waals surface area (Å²) in [4.78, 5) is 4.89. The molecule has 0 aliphatic carbocycles. The van der Waals surface area contributed by atoms with Crippen LogP contribution in [0.2, 0.25) is 0 Å². The third-order valence-corrected chi connectivity index (χ3v) is 9.65. The van der Waals surface area contributed by atoms with Gasteiger partial charge in [-0.15, -0.1) is 0 Å². The van der Waals surface area contributed by atoms with Crippen molar-refractivity contribution < 1.29 is 4.74 Å². The van der Waals surface area contributed by atoms with Crippen molar-refractivity contribution in [2.45, 2.75) is 73.1 Å². The van der Waals surface area contributed by atoms with Crippen molar-refractivity contribution in [2.75, 3.05) is 0 Å². The molecule has 5 nitrogen and oxygen atoms in total. The zero-order valence-corrected chi connectivity index (χ0v) is 29.3. The predicted octanol–water partition coefficient (Wildman–Crippen LogP) is 11.6. The smallest absolute Gasteiger partial charge is 0.137 e. The first kappa shape index (κ1) is 31.4. The van der Waals surface area contributed by atoms with Gasteiger partial charge in [0, 0.05) is 40.4 Å². The number of ether oxygens (including phenoxy) is 1. The average molecular weight is 633 g/mol. The summed E-state index contributed by atoms with van der Waals surface area (Å²) < 4.78 is 11.0. The van der Waals surface area contributed by atoms with Crippen LogP contribution in [0.3, 0.4) is 0 Å². The molecular formula is C43H44N4O. The van der Waals surface area contributed by atoms with Crippen LogP contribution in [0.25, 0.3) is 44.4 Å². The quantitative estimate of drug-likeness (QED) is 0.176. The van der Waals surface area contributed by atoms with Gasteiger partial charge >= 0.3 is 0 Å². The van der Waals surface area contributed by atoms with Gasteiger partial charge < -0.3 is 4.74 Å². The lowest BCUT2D eigenvalue weighted by molar-refractivity contribution is 0.482. The van der Waals surface area contributed by atoms with Crippen molar-refractivity contribution in [3.05, 3.63) is 131 Å². The maximum absolute atomic E-state index is 6.66. The fourth-order valence-corrected chi connectivity index (χ4v) is 6.84. The lowest BCUT2D eigenvalue weighted by atomic mass is 9.88. The molecule has 242 valence electrons. The molecule has 0 saturated heterocycles. The monoisotopic (exact) mass is 632 g/mol. The van der Waals surface area contributed by atoms with Crippen LogP contribution in [0.4, 0.5) is 0 Å². The van der Waals surface area contributed by atoms with E-state index in [4.69, 9.17) is 14.8 Å². The summed E-state index contributed by atoms with van der Waals surface area (Å²) in [7, 11) is 0. The van der Waals surface area contributed by atoms with E-state index in [1.54, 1.807) is 0 Å². The summed E-state index contributed by atoms with van der Waals surface area (Å²) in [5, 5.41) is 7.37. The number of hydrogen-bond acceptors (Lipinski definition) is 3. The van der Waals surface area contributed by atoms with E-state index in [1.807, 2.05) is 16.9 Å². The van der Waals surface area contributed by atoms with Crippen LogP contribution in [0.1, 0.15) is 75.0 Å². The predicted molar refractivity (Wildman–Crippen MR) is 199 cm³/mol. The van der Waals surface area contributed by atoms with Crippen LogP contribution in [-0.2, 0) is 5.41 Å². The van der Waals surface area contributed by atoms with Gasteiger partial charge in [-0.1, -0.05) is 71.0 Å². The largest absolute Gasteiger partial charge is 0.457 e. The van der Waals surface area contributed by atoms with E-state index < -0.39 is 0 Å². The molecule has 0 bridgehead atoms. The first-order valence-electron chi connectivity index (χ1n) is 17.0. The highest BCUT2D eigenvalue weighted by molar-refractivity contribution is 6.09. The molecule has 7 aromatic rings. The normalized spacial score (nSPS) is 12.6. The van der Waals surface area contributed by atoms with Crippen LogP contribution in [0.5, 0.6) is 11.5 Å². The van der Waals surface area contributed by atoms with Crippen molar-refractivity contribution in [2.24, 2.45) is 0 Å². The van der Waals surface area contributed by atoms with Gasteiger partial charge in [-0.2, -0.15) is 5.10 Å². The molecule has 3 heterocycles. The molecule has 0 amide bonds. The van der Waals surface area contributed by atoms with Crippen molar-refractivity contribution in [3.8, 4) is 34.1 Å². The number of nitrogens with zero attached hydrogens (tertiary/aromatic N) is 4. The number of fused-ring (bicyclic) bond motifs is 3. The molecule has 4 aromatic carbocycles. The summed E-state index contributed by atoms with van der Waals surface area (Å²) in [6.07, 6.45) is 3.03. The molecule has 1 atom stereocenters. The molecule has 3 aromatic heterocycles. The Morgan fingerprint density at radius 3 is 2.31 bits per heavy atom. The summed E-state index contributed by atoms with van der Waals surface area (Å²) in [5.41, 5.74) is 11.3. The third-order valence-electron chi connectivity index (χ3n) is 9.65. The van der Waals surface area contributed by atoms with E-state index in [-0.39, 0.29) is 5.41 Å². The molecule has 5 heteroatoms. The van der Waals surface area contributed by atoms with Gasteiger partial charge in [-0.3, -0.25) is 4.57 Å². The number of rotatable bonds is 7. The molecule has 0 radical (unpaired) electrons. The zero-order chi connectivity index (χ0) is 33.7. The number of aromatic nitrogens is 4. The van der Waals surface area contributed by atoms with Crippen LogP contribution >= 0.6 is 0 Å². The zero-order valence-electron chi connectivity index (χ0n) is 29.3. The van der Waals surface area contributed by atoms with Crippen molar-refractivity contribution in [1.82, 2.24) is 19.3 Å². The third kappa shape index (κ3) is 5.68. The summed E-state index contributed by atoms with van der Waals surface area (Å²) in [6.45, 7) is 17.6. The average Bonchev–Trinajstić information content (AvgIpc) is 3.56. The van der Waals surface area contributed by atoms with Gasteiger partial charge in [0.1, 0.15) is 17.3 Å². The maximum atomic E-state index is 6.66. The highest BCUT2D eigenvalue weighted by atomic mass is 16.5. The second kappa shape index (κ2) is 12.1. The Morgan fingerprint density at radius 1 is 0.771 bits per heavy atom. The number of pyridine rings is 1. The first-order chi connectivity index (χ1) is 23.0. The Morgan fingerprint density at radius 2 is 1.56 bits per heavy atom. The summed E-state index contributed by atoms with van der Waals surface area (Å²) in [5.74, 6) is 2.94. The maximum Gasteiger partial charge on any atom is 0.137 e.